The van der Waals surface area contributed by atoms with Gasteiger partial charge in [-0.2, -0.15) is 0 Å². The predicted octanol–water partition coefficient (Wildman–Crippen LogP) is 5.43. The first-order valence-electron chi connectivity index (χ1n) is 10.9. The van der Waals surface area contributed by atoms with E-state index in [0.29, 0.717) is 12.8 Å². The summed E-state index contributed by atoms with van der Waals surface area (Å²) in [5, 5.41) is 2.18. The Balaban J connectivity index is 2.23. The van der Waals surface area contributed by atoms with Crippen molar-refractivity contribution in [3.8, 4) is 0 Å². The van der Waals surface area contributed by atoms with Crippen molar-refractivity contribution in [2.24, 2.45) is 5.92 Å². The minimum absolute atomic E-state index is 0.0486. The van der Waals surface area contributed by atoms with Crippen LogP contribution in [0, 0.1) is 5.92 Å². The summed E-state index contributed by atoms with van der Waals surface area (Å²) >= 11 is 0. The van der Waals surface area contributed by atoms with Gasteiger partial charge in [0.05, 0.1) is 0 Å². The van der Waals surface area contributed by atoms with Crippen molar-refractivity contribution in [2.45, 2.75) is 57.1 Å². The van der Waals surface area contributed by atoms with Crippen molar-refractivity contribution in [3.05, 3.63) is 86.0 Å². The van der Waals surface area contributed by atoms with E-state index in [1.54, 1.807) is 6.08 Å². The molecule has 0 aromatic heterocycles. The Morgan fingerprint density at radius 2 is 1.57 bits per heavy atom. The van der Waals surface area contributed by atoms with Crippen LogP contribution in [0.1, 0.15) is 46.5 Å². The maximum Gasteiger partial charge on any atom is 0.262 e. The van der Waals surface area contributed by atoms with Crippen molar-refractivity contribution >= 4 is 24.5 Å². The molecule has 1 saturated carbocycles. The number of rotatable bonds is 7. The number of carbonyl (C=O) groups is 1. The third kappa shape index (κ3) is 3.89. The lowest BCUT2D eigenvalue weighted by atomic mass is 9.75. The van der Waals surface area contributed by atoms with Gasteiger partial charge in [0.2, 0.25) is 0 Å². The maximum absolute atomic E-state index is 13.7. The number of allylic oxidation sites excluding steroid dienone is 1. The van der Waals surface area contributed by atoms with Gasteiger partial charge < -0.3 is 4.43 Å². The Labute approximate surface area is 182 Å². The standard InChI is InChI=1S/C27H34O2Si/c1-6-15-22-16-14-21-27(7-2,25(22)28)29-30(26(3,4)5,23-17-10-8-11-18-23)24-19-12-9-13-20-24/h6-13,17-20,22H,1-2,14-16,21H2,3-5H3/t22-,27+/m0/s1. The summed E-state index contributed by atoms with van der Waals surface area (Å²) in [5.74, 6) is 0.115. The van der Waals surface area contributed by atoms with Crippen molar-refractivity contribution in [2.75, 3.05) is 0 Å². The number of hydrogen-bond acceptors (Lipinski definition) is 2. The van der Waals surface area contributed by atoms with E-state index < -0.39 is 13.9 Å². The number of hydrogen-bond donors (Lipinski definition) is 0. The Bertz CT molecular complexity index is 843. The molecule has 1 aliphatic carbocycles. The third-order valence-corrected chi connectivity index (χ3v) is 11.5. The maximum atomic E-state index is 13.7. The van der Waals surface area contributed by atoms with Gasteiger partial charge in [0.25, 0.3) is 8.32 Å². The molecule has 3 heteroatoms. The molecular weight excluding hydrogens is 384 g/mol. The van der Waals surface area contributed by atoms with Gasteiger partial charge >= 0.3 is 0 Å². The minimum Gasteiger partial charge on any atom is -0.391 e. The van der Waals surface area contributed by atoms with Crippen molar-refractivity contribution in [3.63, 3.8) is 0 Å². The normalized spacial score (nSPS) is 22.5. The van der Waals surface area contributed by atoms with Crippen molar-refractivity contribution < 1.29 is 9.22 Å². The molecular formula is C27H34O2Si. The third-order valence-electron chi connectivity index (χ3n) is 6.42. The van der Waals surface area contributed by atoms with Gasteiger partial charge in [0, 0.05) is 5.92 Å². The average molecular weight is 419 g/mol. The highest BCUT2D eigenvalue weighted by Gasteiger charge is 2.56. The number of Topliss-reactive ketones (excluding diaryl/α,β-unsaturated/α-hetero) is 1. The van der Waals surface area contributed by atoms with Gasteiger partial charge in [-0.3, -0.25) is 4.79 Å². The van der Waals surface area contributed by atoms with E-state index >= 15 is 0 Å². The van der Waals surface area contributed by atoms with Crippen molar-refractivity contribution in [1.29, 1.82) is 0 Å². The summed E-state index contributed by atoms with van der Waals surface area (Å²) in [6.07, 6.45) is 6.86. The van der Waals surface area contributed by atoms with E-state index in [1.165, 1.54) is 10.4 Å². The quantitative estimate of drug-likeness (QED) is 0.442. The second-order valence-corrected chi connectivity index (χ2v) is 13.6. The largest absolute Gasteiger partial charge is 0.391 e. The fraction of sp³-hybridized carbons (Fsp3) is 0.370. The van der Waals surface area contributed by atoms with Crippen LogP contribution in [0.25, 0.3) is 0 Å². The molecule has 0 unspecified atom stereocenters. The fourth-order valence-electron chi connectivity index (χ4n) is 4.91. The summed E-state index contributed by atoms with van der Waals surface area (Å²) in [7, 11) is -2.84. The van der Waals surface area contributed by atoms with E-state index in [9.17, 15) is 4.79 Å². The molecule has 0 N–H and O–H groups in total. The molecule has 2 aromatic carbocycles. The topological polar surface area (TPSA) is 26.3 Å². The second-order valence-electron chi connectivity index (χ2n) is 9.34. The van der Waals surface area contributed by atoms with Gasteiger partial charge in [-0.15, -0.1) is 6.58 Å². The predicted molar refractivity (Wildman–Crippen MR) is 129 cm³/mol. The van der Waals surface area contributed by atoms with Crippen LogP contribution in [-0.4, -0.2) is 19.7 Å². The van der Waals surface area contributed by atoms with Gasteiger partial charge in [0.15, 0.2) is 5.78 Å². The molecule has 30 heavy (non-hydrogen) atoms. The van der Waals surface area contributed by atoms with Crippen LogP contribution < -0.4 is 10.4 Å². The lowest BCUT2D eigenvalue weighted by Gasteiger charge is -2.50. The van der Waals surface area contributed by atoms with E-state index in [-0.39, 0.29) is 16.7 Å². The lowest BCUT2D eigenvalue weighted by molar-refractivity contribution is -0.139. The zero-order valence-electron chi connectivity index (χ0n) is 18.6. The highest BCUT2D eigenvalue weighted by molar-refractivity contribution is 6.99. The Morgan fingerprint density at radius 3 is 2.00 bits per heavy atom. The molecule has 2 aromatic rings. The molecule has 0 aliphatic heterocycles. The molecule has 0 radical (unpaired) electrons. The number of benzene rings is 2. The summed E-state index contributed by atoms with van der Waals surface area (Å²) in [6, 6.07) is 21.0. The fourth-order valence-corrected chi connectivity index (χ4v) is 9.67. The molecule has 1 aliphatic rings. The lowest BCUT2D eigenvalue weighted by Crippen LogP contribution is -2.71. The molecule has 0 saturated heterocycles. The molecule has 0 bridgehead atoms. The van der Waals surface area contributed by atoms with Gasteiger partial charge in [-0.1, -0.05) is 100 Å². The Morgan fingerprint density at radius 1 is 1.03 bits per heavy atom. The Hall–Kier alpha value is -2.23. The van der Waals surface area contributed by atoms with Crippen LogP contribution in [0.5, 0.6) is 0 Å². The summed E-state index contributed by atoms with van der Waals surface area (Å²) in [5.41, 5.74) is -0.961. The summed E-state index contributed by atoms with van der Waals surface area (Å²) in [4.78, 5) is 13.7. The molecule has 3 rings (SSSR count). The highest BCUT2D eigenvalue weighted by Crippen LogP contribution is 2.43. The smallest absolute Gasteiger partial charge is 0.262 e. The first-order valence-corrected chi connectivity index (χ1v) is 12.8. The first kappa shape index (κ1) is 22.5. The highest BCUT2D eigenvalue weighted by atomic mass is 28.4. The van der Waals surface area contributed by atoms with Crippen LogP contribution in [0.4, 0.5) is 0 Å². The van der Waals surface area contributed by atoms with Crippen LogP contribution in [-0.2, 0) is 9.22 Å². The number of carbonyl (C=O) groups excluding carboxylic acids is 1. The SMILES string of the molecule is C=CC[C@H]1CCC[C@@](C=C)(O[Si](c2ccccc2)(c2ccccc2)C(C)(C)C)C1=O. The number of ketones is 1. The van der Waals surface area contributed by atoms with E-state index in [1.807, 2.05) is 18.2 Å². The van der Waals surface area contributed by atoms with E-state index in [4.69, 9.17) is 4.43 Å². The Kier molecular flexibility index (Phi) is 6.64. The van der Waals surface area contributed by atoms with Crippen LogP contribution in [0.15, 0.2) is 86.0 Å². The summed E-state index contributed by atoms with van der Waals surface area (Å²) in [6.45, 7) is 14.7. The molecule has 2 atom stereocenters. The van der Waals surface area contributed by atoms with Crippen LogP contribution in [0.2, 0.25) is 5.04 Å². The zero-order valence-corrected chi connectivity index (χ0v) is 19.6. The monoisotopic (exact) mass is 418 g/mol. The molecule has 0 heterocycles. The summed E-state index contributed by atoms with van der Waals surface area (Å²) < 4.78 is 7.28. The molecule has 158 valence electrons. The molecule has 0 amide bonds. The van der Waals surface area contributed by atoms with Gasteiger partial charge in [0.1, 0.15) is 5.60 Å². The van der Waals surface area contributed by atoms with E-state index in [2.05, 4.69) is 82.5 Å². The van der Waals surface area contributed by atoms with Crippen molar-refractivity contribution in [1.82, 2.24) is 0 Å². The van der Waals surface area contributed by atoms with Gasteiger partial charge in [-0.05, 0) is 41.1 Å². The van der Waals surface area contributed by atoms with Crippen LogP contribution >= 0.6 is 0 Å². The van der Waals surface area contributed by atoms with Crippen LogP contribution in [0.3, 0.4) is 0 Å². The molecule has 0 spiro atoms. The second kappa shape index (κ2) is 8.87. The minimum atomic E-state index is -2.84. The van der Waals surface area contributed by atoms with Gasteiger partial charge in [-0.25, -0.2) is 0 Å². The first-order chi connectivity index (χ1) is 14.3. The zero-order chi connectivity index (χ0) is 21.8. The average Bonchev–Trinajstić information content (AvgIpc) is 2.75. The molecule has 1 fully saturated rings. The van der Waals surface area contributed by atoms with E-state index in [0.717, 1.165) is 12.8 Å². The molecule has 2 nitrogen and oxygen atoms in total.